The Kier molecular flexibility index (Phi) is 4.03. The Balaban J connectivity index is 1.83. The van der Waals surface area contributed by atoms with Crippen LogP contribution in [0.2, 0.25) is 0 Å². The molecule has 2 nitrogen and oxygen atoms in total. The average Bonchev–Trinajstić information content (AvgIpc) is 2.60. The van der Waals surface area contributed by atoms with Crippen LogP contribution < -0.4 is 0 Å². The summed E-state index contributed by atoms with van der Waals surface area (Å²) < 4.78 is 27.6. The maximum absolute atomic E-state index is 14.9. The van der Waals surface area contributed by atoms with E-state index in [9.17, 15) is 4.39 Å². The molecule has 0 aromatic heterocycles. The summed E-state index contributed by atoms with van der Waals surface area (Å²) in [7, 11) is -0.877. The van der Waals surface area contributed by atoms with Crippen molar-refractivity contribution in [2.24, 2.45) is 0 Å². The van der Waals surface area contributed by atoms with E-state index in [-0.39, 0.29) is 11.6 Å². The van der Waals surface area contributed by atoms with Crippen molar-refractivity contribution in [3.63, 3.8) is 0 Å². The molecule has 5 heteroatoms. The summed E-state index contributed by atoms with van der Waals surface area (Å²) >= 11 is 3.43. The monoisotopic (exact) mass is 366 g/mol. The van der Waals surface area contributed by atoms with Crippen LogP contribution in [0, 0.1) is 0 Å². The fraction of sp³-hybridized carbons (Fsp3) is 0.529. The Morgan fingerprint density at radius 3 is 2.14 bits per heavy atom. The molecule has 1 atom stereocenters. The van der Waals surface area contributed by atoms with Crippen LogP contribution in [-0.4, -0.2) is 18.3 Å². The molecule has 1 saturated carbocycles. The van der Waals surface area contributed by atoms with Gasteiger partial charge in [-0.3, -0.25) is 0 Å². The summed E-state index contributed by atoms with van der Waals surface area (Å²) in [6.45, 7) is 7.77. The molecule has 0 N–H and O–H groups in total. The number of hydrogen-bond donors (Lipinski definition) is 0. The van der Waals surface area contributed by atoms with Crippen LogP contribution in [0.25, 0.3) is 0 Å². The van der Waals surface area contributed by atoms with Gasteiger partial charge in [-0.05, 0) is 63.8 Å². The molecular weight excluding hydrogens is 346 g/mol. The highest BCUT2D eigenvalue weighted by Crippen LogP contribution is 2.47. The molecule has 0 spiro atoms. The largest absolute Gasteiger partial charge is 0.525 e. The van der Waals surface area contributed by atoms with Crippen molar-refractivity contribution in [3.05, 3.63) is 45.6 Å². The molecule has 1 aromatic rings. The zero-order chi connectivity index (χ0) is 16.1. The van der Waals surface area contributed by atoms with Crippen molar-refractivity contribution < 1.29 is 13.7 Å². The van der Waals surface area contributed by atoms with Gasteiger partial charge in [0.1, 0.15) is 5.73 Å². The predicted molar refractivity (Wildman–Crippen MR) is 90.3 cm³/mol. The fourth-order valence-corrected chi connectivity index (χ4v) is 3.14. The Bertz CT molecular complexity index is 594. The standard InChI is InChI=1S/C17H21BBrFO2/c1-16(2)17(3,4)22-18(21-16)15(20)14-10-9-13(14)11-5-7-12(19)8-6-11/h5-8,13H,9-10H2,1-4H3. The lowest BCUT2D eigenvalue weighted by atomic mass is 9.69. The first-order valence-corrected chi connectivity index (χ1v) is 8.50. The van der Waals surface area contributed by atoms with E-state index in [0.29, 0.717) is 0 Å². The number of halogens is 2. The number of allylic oxidation sites excluding steroid dienone is 1. The highest BCUT2D eigenvalue weighted by Gasteiger charge is 2.54. The second kappa shape index (κ2) is 5.46. The Morgan fingerprint density at radius 2 is 1.68 bits per heavy atom. The van der Waals surface area contributed by atoms with Crippen molar-refractivity contribution in [1.82, 2.24) is 0 Å². The average molecular weight is 367 g/mol. The third-order valence-electron chi connectivity index (χ3n) is 5.16. The van der Waals surface area contributed by atoms with Crippen molar-refractivity contribution >= 4 is 23.0 Å². The van der Waals surface area contributed by atoms with Crippen molar-refractivity contribution in [2.75, 3.05) is 0 Å². The van der Waals surface area contributed by atoms with Gasteiger partial charge in [-0.25, -0.2) is 4.39 Å². The Morgan fingerprint density at radius 1 is 1.14 bits per heavy atom. The van der Waals surface area contributed by atoms with Gasteiger partial charge in [0, 0.05) is 10.4 Å². The summed E-state index contributed by atoms with van der Waals surface area (Å²) in [5.41, 5.74) is 0.716. The summed E-state index contributed by atoms with van der Waals surface area (Å²) in [5.74, 6) is 0.145. The SMILES string of the molecule is CC1(C)OB(C(F)=C2CCC2c2ccc(Br)cc2)OC1(C)C. The third-order valence-corrected chi connectivity index (χ3v) is 5.69. The van der Waals surface area contributed by atoms with Gasteiger partial charge >= 0.3 is 7.12 Å². The first kappa shape index (κ1) is 16.2. The molecule has 0 amide bonds. The molecule has 22 heavy (non-hydrogen) atoms. The first-order chi connectivity index (χ1) is 10.2. The van der Waals surface area contributed by atoms with E-state index in [1.54, 1.807) is 0 Å². The first-order valence-electron chi connectivity index (χ1n) is 7.71. The number of hydrogen-bond acceptors (Lipinski definition) is 2. The molecule has 1 aliphatic heterocycles. The van der Waals surface area contributed by atoms with E-state index in [1.165, 1.54) is 0 Å². The lowest BCUT2D eigenvalue weighted by Crippen LogP contribution is -2.41. The van der Waals surface area contributed by atoms with E-state index >= 15 is 0 Å². The minimum atomic E-state index is -0.877. The molecule has 1 aliphatic carbocycles. The maximum Gasteiger partial charge on any atom is 0.525 e. The number of rotatable bonds is 2. The molecule has 1 heterocycles. The molecule has 1 unspecified atom stereocenters. The Labute approximate surface area is 140 Å². The molecule has 1 saturated heterocycles. The lowest BCUT2D eigenvalue weighted by Gasteiger charge is -2.32. The second-order valence-corrected chi connectivity index (χ2v) is 8.02. The van der Waals surface area contributed by atoms with Gasteiger partial charge in [0.05, 0.1) is 11.2 Å². The zero-order valence-electron chi connectivity index (χ0n) is 13.5. The van der Waals surface area contributed by atoms with Gasteiger partial charge in [0.25, 0.3) is 0 Å². The van der Waals surface area contributed by atoms with Gasteiger partial charge in [-0.2, -0.15) is 0 Å². The second-order valence-electron chi connectivity index (χ2n) is 7.10. The number of benzene rings is 1. The van der Waals surface area contributed by atoms with Crippen molar-refractivity contribution in [3.8, 4) is 0 Å². The van der Waals surface area contributed by atoms with Gasteiger partial charge in [-0.1, -0.05) is 28.1 Å². The van der Waals surface area contributed by atoms with Crippen molar-refractivity contribution in [2.45, 2.75) is 57.7 Å². The van der Waals surface area contributed by atoms with Crippen LogP contribution in [-0.2, 0) is 9.31 Å². The predicted octanol–water partition coefficient (Wildman–Crippen LogP) is 5.18. The van der Waals surface area contributed by atoms with Crippen LogP contribution in [0.15, 0.2) is 40.0 Å². The van der Waals surface area contributed by atoms with Gasteiger partial charge in [0.2, 0.25) is 0 Å². The molecule has 2 aliphatic rings. The normalized spacial score (nSPS) is 28.5. The van der Waals surface area contributed by atoms with Crippen LogP contribution in [0.4, 0.5) is 4.39 Å². The van der Waals surface area contributed by atoms with Gasteiger partial charge in [-0.15, -0.1) is 0 Å². The topological polar surface area (TPSA) is 18.5 Å². The van der Waals surface area contributed by atoms with Gasteiger partial charge < -0.3 is 9.31 Å². The van der Waals surface area contributed by atoms with Crippen molar-refractivity contribution in [1.29, 1.82) is 0 Å². The smallest absolute Gasteiger partial charge is 0.398 e. The minimum absolute atomic E-state index is 0.145. The van der Waals surface area contributed by atoms with Crippen LogP contribution >= 0.6 is 15.9 Å². The molecule has 2 fully saturated rings. The zero-order valence-corrected chi connectivity index (χ0v) is 15.0. The molecule has 118 valence electrons. The molecule has 0 radical (unpaired) electrons. The summed E-state index contributed by atoms with van der Waals surface area (Å²) in [4.78, 5) is 0. The minimum Gasteiger partial charge on any atom is -0.398 e. The quantitative estimate of drug-likeness (QED) is 0.671. The van der Waals surface area contributed by atoms with Crippen LogP contribution in [0.3, 0.4) is 0 Å². The summed E-state index contributed by atoms with van der Waals surface area (Å²) in [6.07, 6.45) is 1.75. The highest BCUT2D eigenvalue weighted by molar-refractivity contribution is 9.10. The Hall–Kier alpha value is -0.645. The van der Waals surface area contributed by atoms with E-state index < -0.39 is 18.3 Å². The highest BCUT2D eigenvalue weighted by atomic mass is 79.9. The fourth-order valence-electron chi connectivity index (χ4n) is 2.88. The molecule has 3 rings (SSSR count). The molecule has 0 bridgehead atoms. The van der Waals surface area contributed by atoms with E-state index in [2.05, 4.69) is 15.9 Å². The third kappa shape index (κ3) is 2.68. The van der Waals surface area contributed by atoms with Gasteiger partial charge in [0.15, 0.2) is 0 Å². The molecular formula is C17H21BBrFO2. The van der Waals surface area contributed by atoms with Crippen LogP contribution in [0.5, 0.6) is 0 Å². The summed E-state index contributed by atoms with van der Waals surface area (Å²) in [6, 6.07) is 8.09. The lowest BCUT2D eigenvalue weighted by molar-refractivity contribution is 0.00578. The van der Waals surface area contributed by atoms with E-state index in [0.717, 1.165) is 28.5 Å². The van der Waals surface area contributed by atoms with Crippen LogP contribution in [0.1, 0.15) is 52.0 Å². The van der Waals surface area contributed by atoms with E-state index in [1.807, 2.05) is 52.0 Å². The molecule has 1 aromatic carbocycles. The maximum atomic E-state index is 14.9. The van der Waals surface area contributed by atoms with E-state index in [4.69, 9.17) is 9.31 Å². The summed E-state index contributed by atoms with van der Waals surface area (Å²) in [5, 5.41) is 0.